The van der Waals surface area contributed by atoms with Crippen molar-refractivity contribution in [2.45, 2.75) is 0 Å². The van der Waals surface area contributed by atoms with Gasteiger partial charge in [-0.2, -0.15) is 0 Å². The molecule has 0 atom stereocenters. The van der Waals surface area contributed by atoms with Crippen molar-refractivity contribution in [2.75, 3.05) is 0 Å². The first-order valence-electron chi connectivity index (χ1n) is 5.51. The number of fused-ring (bicyclic) bond motifs is 1. The fraction of sp³-hybridized carbons (Fsp3) is 0.0769. The molecule has 5 nitrogen and oxygen atoms in total. The van der Waals surface area contributed by atoms with Gasteiger partial charge in [0.1, 0.15) is 5.69 Å². The van der Waals surface area contributed by atoms with Crippen LogP contribution in [-0.2, 0) is 7.05 Å². The first kappa shape index (κ1) is 11.8. The summed E-state index contributed by atoms with van der Waals surface area (Å²) in [4.78, 5) is 10.8. The van der Waals surface area contributed by atoms with E-state index in [-0.39, 0.29) is 5.76 Å². The minimum Gasteiger partial charge on any atom is -0.475 e. The number of hydrogen-bond donors (Lipinski definition) is 1. The van der Waals surface area contributed by atoms with Crippen LogP contribution >= 0.6 is 11.6 Å². The molecule has 19 heavy (non-hydrogen) atoms. The standard InChI is InChI=1S/C13H9ClN2O3/c1-16-3-2-8-9(14)4-7(5-11(8)16)10-6-12(13(17)18)19-15-10/h2-6H,1H3,(H,17,18). The molecule has 0 saturated heterocycles. The van der Waals surface area contributed by atoms with Crippen molar-refractivity contribution in [3.8, 4) is 11.3 Å². The molecule has 0 radical (unpaired) electrons. The van der Waals surface area contributed by atoms with Gasteiger partial charge in [-0.15, -0.1) is 0 Å². The molecule has 2 aromatic heterocycles. The number of aromatic carboxylic acids is 1. The molecule has 0 saturated carbocycles. The van der Waals surface area contributed by atoms with Crippen LogP contribution in [0.3, 0.4) is 0 Å². The fourth-order valence-corrected chi connectivity index (χ4v) is 2.26. The first-order valence-corrected chi connectivity index (χ1v) is 5.89. The number of halogens is 1. The van der Waals surface area contributed by atoms with E-state index in [0.717, 1.165) is 16.5 Å². The second kappa shape index (κ2) is 4.13. The third-order valence-corrected chi connectivity index (χ3v) is 3.28. The van der Waals surface area contributed by atoms with E-state index in [4.69, 9.17) is 21.2 Å². The molecule has 0 aliphatic heterocycles. The lowest BCUT2D eigenvalue weighted by Crippen LogP contribution is -1.91. The number of carboxylic acids is 1. The fourth-order valence-electron chi connectivity index (χ4n) is 1.99. The molecule has 3 aromatic rings. The summed E-state index contributed by atoms with van der Waals surface area (Å²) in [5.74, 6) is -1.34. The molecule has 1 aromatic carbocycles. The second-order valence-electron chi connectivity index (χ2n) is 4.20. The Morgan fingerprint density at radius 2 is 2.21 bits per heavy atom. The Balaban J connectivity index is 2.18. The van der Waals surface area contributed by atoms with Crippen molar-refractivity contribution in [3.05, 3.63) is 41.2 Å². The molecule has 0 spiro atoms. The molecule has 0 amide bonds. The highest BCUT2D eigenvalue weighted by Crippen LogP contribution is 2.30. The summed E-state index contributed by atoms with van der Waals surface area (Å²) in [5, 5.41) is 14.1. The minimum atomic E-state index is -1.15. The number of carboxylic acid groups (broad SMARTS) is 1. The van der Waals surface area contributed by atoms with Gasteiger partial charge >= 0.3 is 5.97 Å². The molecule has 2 heterocycles. The second-order valence-corrected chi connectivity index (χ2v) is 4.61. The smallest absolute Gasteiger partial charge is 0.374 e. The van der Waals surface area contributed by atoms with Gasteiger partial charge in [-0.1, -0.05) is 16.8 Å². The van der Waals surface area contributed by atoms with Crippen molar-refractivity contribution in [2.24, 2.45) is 7.05 Å². The number of hydrogen-bond acceptors (Lipinski definition) is 3. The Hall–Kier alpha value is -2.27. The van der Waals surface area contributed by atoms with E-state index in [9.17, 15) is 4.79 Å². The normalized spacial score (nSPS) is 11.1. The van der Waals surface area contributed by atoms with Gasteiger partial charge in [0.05, 0.1) is 5.02 Å². The maximum atomic E-state index is 10.8. The molecule has 96 valence electrons. The van der Waals surface area contributed by atoms with E-state index in [1.807, 2.05) is 29.9 Å². The van der Waals surface area contributed by atoms with Crippen LogP contribution in [0, 0.1) is 0 Å². The van der Waals surface area contributed by atoms with Crippen LogP contribution in [0.4, 0.5) is 0 Å². The van der Waals surface area contributed by atoms with Crippen molar-refractivity contribution in [3.63, 3.8) is 0 Å². The molecule has 0 aliphatic carbocycles. The summed E-state index contributed by atoms with van der Waals surface area (Å²) in [6.45, 7) is 0. The monoisotopic (exact) mass is 276 g/mol. The quantitative estimate of drug-likeness (QED) is 0.780. The Morgan fingerprint density at radius 1 is 1.42 bits per heavy atom. The number of nitrogens with zero attached hydrogens (tertiary/aromatic N) is 2. The molecule has 1 N–H and O–H groups in total. The summed E-state index contributed by atoms with van der Waals surface area (Å²) < 4.78 is 6.68. The van der Waals surface area contributed by atoms with Crippen molar-refractivity contribution in [1.29, 1.82) is 0 Å². The lowest BCUT2D eigenvalue weighted by molar-refractivity contribution is 0.0652. The number of benzene rings is 1. The maximum Gasteiger partial charge on any atom is 0.374 e. The SMILES string of the molecule is Cn1ccc2c(Cl)cc(-c3cc(C(=O)O)on3)cc21. The number of carbonyl (C=O) groups is 1. The zero-order valence-electron chi connectivity index (χ0n) is 9.92. The highest BCUT2D eigenvalue weighted by Gasteiger charge is 2.14. The molecule has 0 unspecified atom stereocenters. The molecule has 3 rings (SSSR count). The zero-order valence-corrected chi connectivity index (χ0v) is 10.7. The number of aryl methyl sites for hydroxylation is 1. The number of aromatic nitrogens is 2. The Bertz CT molecular complexity index is 788. The maximum absolute atomic E-state index is 10.8. The summed E-state index contributed by atoms with van der Waals surface area (Å²) in [6, 6.07) is 6.94. The van der Waals surface area contributed by atoms with Gasteiger partial charge in [-0.05, 0) is 18.2 Å². The molecule has 0 fully saturated rings. The third kappa shape index (κ3) is 1.88. The lowest BCUT2D eigenvalue weighted by Gasteiger charge is -2.02. The van der Waals surface area contributed by atoms with Gasteiger partial charge in [0, 0.05) is 35.8 Å². The summed E-state index contributed by atoms with van der Waals surface area (Å²) >= 11 is 6.21. The van der Waals surface area contributed by atoms with Crippen LogP contribution in [0.5, 0.6) is 0 Å². The predicted molar refractivity (Wildman–Crippen MR) is 70.4 cm³/mol. The molecular weight excluding hydrogens is 268 g/mol. The van der Waals surface area contributed by atoms with Crippen LogP contribution < -0.4 is 0 Å². The average Bonchev–Trinajstić information content (AvgIpc) is 2.97. The molecule has 6 heteroatoms. The molecule has 0 bridgehead atoms. The van der Waals surface area contributed by atoms with Crippen LogP contribution in [-0.4, -0.2) is 20.8 Å². The zero-order chi connectivity index (χ0) is 13.6. The van der Waals surface area contributed by atoms with Gasteiger partial charge in [-0.3, -0.25) is 0 Å². The van der Waals surface area contributed by atoms with E-state index in [2.05, 4.69) is 5.16 Å². The summed E-state index contributed by atoms with van der Waals surface area (Å²) in [6.07, 6.45) is 1.91. The Kier molecular flexibility index (Phi) is 2.57. The van der Waals surface area contributed by atoms with Crippen molar-refractivity contribution < 1.29 is 14.4 Å². The van der Waals surface area contributed by atoms with Crippen LogP contribution in [0.1, 0.15) is 10.6 Å². The van der Waals surface area contributed by atoms with Crippen LogP contribution in [0.2, 0.25) is 5.02 Å². The Morgan fingerprint density at radius 3 is 2.89 bits per heavy atom. The van der Waals surface area contributed by atoms with E-state index < -0.39 is 5.97 Å². The predicted octanol–water partition coefficient (Wildman–Crippen LogP) is 3.18. The topological polar surface area (TPSA) is 68.3 Å². The van der Waals surface area contributed by atoms with Gasteiger partial charge in [0.15, 0.2) is 0 Å². The number of rotatable bonds is 2. The van der Waals surface area contributed by atoms with Crippen molar-refractivity contribution >= 4 is 28.5 Å². The third-order valence-electron chi connectivity index (χ3n) is 2.97. The molecule has 0 aliphatic rings. The first-order chi connectivity index (χ1) is 9.06. The Labute approximate surface area is 113 Å². The lowest BCUT2D eigenvalue weighted by atomic mass is 10.1. The highest BCUT2D eigenvalue weighted by molar-refractivity contribution is 6.35. The highest BCUT2D eigenvalue weighted by atomic mass is 35.5. The van der Waals surface area contributed by atoms with Gasteiger partial charge in [0.2, 0.25) is 5.76 Å². The van der Waals surface area contributed by atoms with E-state index in [1.54, 1.807) is 6.07 Å². The van der Waals surface area contributed by atoms with Crippen LogP contribution in [0.25, 0.3) is 22.2 Å². The van der Waals surface area contributed by atoms with Gasteiger partial charge in [0.25, 0.3) is 0 Å². The minimum absolute atomic E-state index is 0.196. The van der Waals surface area contributed by atoms with Crippen LogP contribution in [0.15, 0.2) is 35.0 Å². The van der Waals surface area contributed by atoms with E-state index >= 15 is 0 Å². The van der Waals surface area contributed by atoms with Gasteiger partial charge < -0.3 is 14.2 Å². The van der Waals surface area contributed by atoms with E-state index in [1.165, 1.54) is 6.07 Å². The average molecular weight is 277 g/mol. The van der Waals surface area contributed by atoms with Gasteiger partial charge in [-0.25, -0.2) is 4.79 Å². The van der Waals surface area contributed by atoms with E-state index in [0.29, 0.717) is 10.7 Å². The molecular formula is C13H9ClN2O3. The largest absolute Gasteiger partial charge is 0.475 e. The summed E-state index contributed by atoms with van der Waals surface area (Å²) in [7, 11) is 1.91. The summed E-state index contributed by atoms with van der Waals surface area (Å²) in [5.41, 5.74) is 2.11. The van der Waals surface area contributed by atoms with Crippen molar-refractivity contribution in [1.82, 2.24) is 9.72 Å².